The molecule has 0 atom stereocenters. The molecule has 0 saturated carbocycles. The summed E-state index contributed by atoms with van der Waals surface area (Å²) in [5.41, 5.74) is 0. The quantitative estimate of drug-likeness (QED) is 0.104. The van der Waals surface area contributed by atoms with E-state index in [0.717, 1.165) is 0 Å². The summed E-state index contributed by atoms with van der Waals surface area (Å²) in [5, 5.41) is 1.63. The Morgan fingerprint density at radius 1 is 0.424 bits per heavy atom. The van der Waals surface area contributed by atoms with Crippen LogP contribution >= 0.6 is 0 Å². The van der Waals surface area contributed by atoms with E-state index in [-0.39, 0.29) is 0 Å². The van der Waals surface area contributed by atoms with Crippen LogP contribution in [0.2, 0.25) is 19.1 Å². The maximum Gasteiger partial charge on any atom is 0.0806 e. The Bertz CT molecular complexity index is 506. The zero-order valence-corrected chi connectivity index (χ0v) is 24.2. The van der Waals surface area contributed by atoms with Crippen LogP contribution in [0.25, 0.3) is 0 Å². The third-order valence-corrected chi connectivity index (χ3v) is 11.2. The lowest BCUT2D eigenvalue weighted by Gasteiger charge is -2.22. The summed E-state index contributed by atoms with van der Waals surface area (Å²) in [6.45, 7) is 7.39. The van der Waals surface area contributed by atoms with Crippen molar-refractivity contribution in [1.82, 2.24) is 0 Å². The van der Waals surface area contributed by atoms with E-state index in [9.17, 15) is 0 Å². The first-order valence-electron chi connectivity index (χ1n) is 15.2. The number of hydrogen-bond donors (Lipinski definition) is 0. The van der Waals surface area contributed by atoms with Gasteiger partial charge in [0.15, 0.2) is 0 Å². The van der Waals surface area contributed by atoms with E-state index < -0.39 is 8.07 Å². The first-order valence-corrected chi connectivity index (χ1v) is 18.4. The van der Waals surface area contributed by atoms with Crippen molar-refractivity contribution in [2.75, 3.05) is 0 Å². The summed E-state index contributed by atoms with van der Waals surface area (Å²) in [4.78, 5) is 0. The summed E-state index contributed by atoms with van der Waals surface area (Å²) in [7, 11) is -1.20. The third kappa shape index (κ3) is 18.4. The van der Waals surface area contributed by atoms with Crippen molar-refractivity contribution in [2.45, 2.75) is 167 Å². The molecule has 1 aromatic carbocycles. The van der Waals surface area contributed by atoms with Gasteiger partial charge in [0.2, 0.25) is 0 Å². The topological polar surface area (TPSA) is 0 Å². The second-order valence-corrected chi connectivity index (χ2v) is 16.3. The van der Waals surface area contributed by atoms with Gasteiger partial charge in [0.1, 0.15) is 0 Å². The summed E-state index contributed by atoms with van der Waals surface area (Å²) >= 11 is 0. The van der Waals surface area contributed by atoms with Crippen molar-refractivity contribution < 1.29 is 0 Å². The van der Waals surface area contributed by atoms with E-state index in [2.05, 4.69) is 50.3 Å². The standard InChI is InChI=1S/C32H60Si/c1-4-5-6-7-8-9-10-11-12-13-14-15-16-17-18-19-20-21-22-23-24-28-31-33(2,3)32-29-26-25-27-30-32/h25-27,29-30H,4-24,28,31H2,1-3H3. The fraction of sp³-hybridized carbons (Fsp3) is 0.812. The molecule has 0 aromatic heterocycles. The van der Waals surface area contributed by atoms with Crippen LogP contribution in [0.5, 0.6) is 0 Å². The molecule has 0 aliphatic carbocycles. The molecule has 33 heavy (non-hydrogen) atoms. The maximum absolute atomic E-state index is 2.54. The second-order valence-electron chi connectivity index (χ2n) is 11.4. The SMILES string of the molecule is CCCCCCCCCCCCCCCCCCCCCCCC[Si](C)(C)c1ccccc1. The molecule has 0 unspecified atom stereocenters. The number of unbranched alkanes of at least 4 members (excludes halogenated alkanes) is 21. The Kier molecular flexibility index (Phi) is 20.3. The highest BCUT2D eigenvalue weighted by Gasteiger charge is 2.21. The zero-order valence-electron chi connectivity index (χ0n) is 23.2. The van der Waals surface area contributed by atoms with Crippen molar-refractivity contribution in [3.05, 3.63) is 30.3 Å². The van der Waals surface area contributed by atoms with Gasteiger partial charge in [-0.1, -0.05) is 203 Å². The van der Waals surface area contributed by atoms with Crippen molar-refractivity contribution in [3.8, 4) is 0 Å². The van der Waals surface area contributed by atoms with E-state index in [4.69, 9.17) is 0 Å². The largest absolute Gasteiger partial charge is 0.0806 e. The Labute approximate surface area is 210 Å². The molecule has 0 heterocycles. The molecule has 0 fully saturated rings. The number of hydrogen-bond acceptors (Lipinski definition) is 0. The van der Waals surface area contributed by atoms with Gasteiger partial charge in [0, 0.05) is 0 Å². The highest BCUT2D eigenvalue weighted by Crippen LogP contribution is 2.18. The van der Waals surface area contributed by atoms with Crippen LogP contribution in [-0.4, -0.2) is 8.07 Å². The van der Waals surface area contributed by atoms with Gasteiger partial charge < -0.3 is 0 Å². The van der Waals surface area contributed by atoms with E-state index in [1.807, 2.05) is 0 Å². The van der Waals surface area contributed by atoms with Gasteiger partial charge >= 0.3 is 0 Å². The van der Waals surface area contributed by atoms with Crippen LogP contribution < -0.4 is 5.19 Å². The van der Waals surface area contributed by atoms with Gasteiger partial charge in [-0.05, 0) is 0 Å². The summed E-state index contributed by atoms with van der Waals surface area (Å²) in [6, 6.07) is 12.7. The first kappa shape index (κ1) is 30.5. The van der Waals surface area contributed by atoms with Crippen LogP contribution in [0.3, 0.4) is 0 Å². The van der Waals surface area contributed by atoms with E-state index in [1.54, 1.807) is 5.19 Å². The lowest BCUT2D eigenvalue weighted by Crippen LogP contribution is -2.40. The van der Waals surface area contributed by atoms with Gasteiger partial charge in [-0.2, -0.15) is 0 Å². The van der Waals surface area contributed by atoms with E-state index in [0.29, 0.717) is 0 Å². The normalized spacial score (nSPS) is 11.8. The summed E-state index contributed by atoms with van der Waals surface area (Å²) in [5.74, 6) is 0. The fourth-order valence-corrected chi connectivity index (χ4v) is 7.73. The highest BCUT2D eigenvalue weighted by atomic mass is 28.3. The Hall–Kier alpha value is -0.563. The van der Waals surface area contributed by atoms with Gasteiger partial charge in [-0.15, -0.1) is 0 Å². The molecular formula is C32H60Si. The molecule has 0 N–H and O–H groups in total. The van der Waals surface area contributed by atoms with Crippen LogP contribution in [0.15, 0.2) is 30.3 Å². The second kappa shape index (κ2) is 21.9. The fourth-order valence-electron chi connectivity index (χ4n) is 5.21. The Balaban J connectivity index is 1.74. The predicted octanol–water partition coefficient (Wildman–Crippen LogP) is 11.2. The summed E-state index contributed by atoms with van der Waals surface area (Å²) in [6.07, 6.45) is 32.3. The minimum atomic E-state index is -1.20. The molecule has 1 rings (SSSR count). The van der Waals surface area contributed by atoms with Crippen LogP contribution in [0.4, 0.5) is 0 Å². The van der Waals surface area contributed by atoms with Gasteiger partial charge in [-0.3, -0.25) is 0 Å². The van der Waals surface area contributed by atoms with Crippen LogP contribution in [0.1, 0.15) is 148 Å². The van der Waals surface area contributed by atoms with Gasteiger partial charge in [-0.25, -0.2) is 0 Å². The van der Waals surface area contributed by atoms with Crippen LogP contribution in [-0.2, 0) is 0 Å². The number of rotatable bonds is 24. The molecule has 0 bridgehead atoms. The molecule has 0 radical (unpaired) electrons. The molecular weight excluding hydrogens is 412 g/mol. The minimum Gasteiger partial charge on any atom is -0.0654 e. The van der Waals surface area contributed by atoms with Crippen molar-refractivity contribution in [2.24, 2.45) is 0 Å². The molecule has 0 saturated heterocycles. The van der Waals surface area contributed by atoms with Gasteiger partial charge in [0.05, 0.1) is 8.07 Å². The molecule has 0 nitrogen and oxygen atoms in total. The number of benzene rings is 1. The van der Waals surface area contributed by atoms with Crippen LogP contribution in [0, 0.1) is 0 Å². The molecule has 0 aliphatic rings. The monoisotopic (exact) mass is 472 g/mol. The average molecular weight is 473 g/mol. The summed E-state index contributed by atoms with van der Waals surface area (Å²) < 4.78 is 0. The van der Waals surface area contributed by atoms with Gasteiger partial charge in [0.25, 0.3) is 0 Å². The molecule has 0 spiro atoms. The molecule has 1 heteroatoms. The zero-order chi connectivity index (χ0) is 23.9. The smallest absolute Gasteiger partial charge is 0.0654 e. The minimum absolute atomic E-state index is 1.20. The lowest BCUT2D eigenvalue weighted by atomic mass is 10.0. The average Bonchev–Trinajstić information content (AvgIpc) is 2.83. The molecule has 0 aliphatic heterocycles. The predicted molar refractivity (Wildman–Crippen MR) is 156 cm³/mol. The van der Waals surface area contributed by atoms with E-state index in [1.165, 1.54) is 147 Å². The third-order valence-electron chi connectivity index (χ3n) is 7.71. The lowest BCUT2D eigenvalue weighted by molar-refractivity contribution is 0.520. The Morgan fingerprint density at radius 3 is 1.06 bits per heavy atom. The highest BCUT2D eigenvalue weighted by molar-refractivity contribution is 6.89. The first-order chi connectivity index (χ1) is 16.2. The molecule has 0 amide bonds. The maximum atomic E-state index is 2.54. The van der Waals surface area contributed by atoms with Crippen molar-refractivity contribution in [3.63, 3.8) is 0 Å². The van der Waals surface area contributed by atoms with E-state index >= 15 is 0 Å². The Morgan fingerprint density at radius 2 is 0.727 bits per heavy atom. The van der Waals surface area contributed by atoms with Crippen molar-refractivity contribution >= 4 is 13.3 Å². The van der Waals surface area contributed by atoms with Crippen molar-refractivity contribution in [1.29, 1.82) is 0 Å². The molecule has 192 valence electrons. The molecule has 1 aromatic rings.